The third-order valence-electron chi connectivity index (χ3n) is 2.33. The SMILES string of the molecule is CSCCOC(=O)c1csc(-c2ccc(F)cc2)n1. The molecular weight excluding hydrogens is 285 g/mol. The maximum atomic E-state index is 12.8. The van der Waals surface area contributed by atoms with Crippen molar-refractivity contribution >= 4 is 29.1 Å². The molecule has 0 atom stereocenters. The van der Waals surface area contributed by atoms with E-state index in [9.17, 15) is 9.18 Å². The van der Waals surface area contributed by atoms with Crippen molar-refractivity contribution < 1.29 is 13.9 Å². The number of ether oxygens (including phenoxy) is 1. The molecule has 0 spiro atoms. The molecule has 0 aliphatic carbocycles. The van der Waals surface area contributed by atoms with Crippen LogP contribution in [-0.2, 0) is 4.74 Å². The Labute approximate surface area is 118 Å². The summed E-state index contributed by atoms with van der Waals surface area (Å²) in [6.07, 6.45) is 1.95. The predicted molar refractivity (Wildman–Crippen MR) is 76.2 cm³/mol. The Balaban J connectivity index is 2.06. The first kappa shape index (κ1) is 14.0. The highest BCUT2D eigenvalue weighted by Crippen LogP contribution is 2.24. The molecule has 1 aromatic carbocycles. The summed E-state index contributed by atoms with van der Waals surface area (Å²) < 4.78 is 17.9. The Bertz CT molecular complexity index is 554. The van der Waals surface area contributed by atoms with Crippen LogP contribution in [0.25, 0.3) is 10.6 Å². The van der Waals surface area contributed by atoms with Gasteiger partial charge < -0.3 is 4.74 Å². The highest BCUT2D eigenvalue weighted by atomic mass is 32.2. The lowest BCUT2D eigenvalue weighted by atomic mass is 10.2. The topological polar surface area (TPSA) is 39.2 Å². The van der Waals surface area contributed by atoms with Crippen LogP contribution >= 0.6 is 23.1 Å². The minimum Gasteiger partial charge on any atom is -0.460 e. The lowest BCUT2D eigenvalue weighted by molar-refractivity contribution is 0.0524. The largest absolute Gasteiger partial charge is 0.460 e. The van der Waals surface area contributed by atoms with Crippen LogP contribution in [0.15, 0.2) is 29.6 Å². The van der Waals surface area contributed by atoms with Crippen molar-refractivity contribution in [1.29, 1.82) is 0 Å². The summed E-state index contributed by atoms with van der Waals surface area (Å²) in [5.74, 6) is 0.0522. The molecule has 0 bridgehead atoms. The summed E-state index contributed by atoms with van der Waals surface area (Å²) in [5.41, 5.74) is 1.08. The Morgan fingerprint density at radius 3 is 2.84 bits per heavy atom. The van der Waals surface area contributed by atoms with Crippen molar-refractivity contribution in [2.24, 2.45) is 0 Å². The fourth-order valence-electron chi connectivity index (χ4n) is 1.38. The molecule has 0 saturated heterocycles. The van der Waals surface area contributed by atoms with Gasteiger partial charge >= 0.3 is 5.97 Å². The second-order valence-corrected chi connectivity index (χ2v) is 5.52. The molecule has 1 aromatic heterocycles. The van der Waals surface area contributed by atoms with Crippen molar-refractivity contribution in [3.8, 4) is 10.6 Å². The van der Waals surface area contributed by atoms with Gasteiger partial charge in [-0.15, -0.1) is 11.3 Å². The third-order valence-corrected chi connectivity index (χ3v) is 3.79. The molecule has 0 amide bonds. The smallest absolute Gasteiger partial charge is 0.357 e. The van der Waals surface area contributed by atoms with Crippen molar-refractivity contribution in [1.82, 2.24) is 4.98 Å². The van der Waals surface area contributed by atoms with Crippen LogP contribution in [-0.4, -0.2) is 29.6 Å². The number of thiazole rings is 1. The number of hydrogen-bond acceptors (Lipinski definition) is 5. The number of thioether (sulfide) groups is 1. The van der Waals surface area contributed by atoms with Gasteiger partial charge in [-0.1, -0.05) is 0 Å². The molecule has 19 heavy (non-hydrogen) atoms. The van der Waals surface area contributed by atoms with Gasteiger partial charge in [0, 0.05) is 16.7 Å². The number of carbonyl (C=O) groups excluding carboxylic acids is 1. The molecule has 100 valence electrons. The van der Waals surface area contributed by atoms with Crippen LogP contribution in [0.3, 0.4) is 0 Å². The van der Waals surface area contributed by atoms with E-state index in [-0.39, 0.29) is 5.82 Å². The predicted octanol–water partition coefficient (Wildman–Crippen LogP) is 3.47. The van der Waals surface area contributed by atoms with Crippen LogP contribution < -0.4 is 0 Å². The van der Waals surface area contributed by atoms with E-state index in [1.54, 1.807) is 29.3 Å². The number of rotatable bonds is 5. The summed E-state index contributed by atoms with van der Waals surface area (Å²) >= 11 is 2.95. The Kier molecular flexibility index (Phi) is 4.93. The van der Waals surface area contributed by atoms with Gasteiger partial charge in [0.1, 0.15) is 17.4 Å². The van der Waals surface area contributed by atoms with Gasteiger partial charge in [-0.05, 0) is 30.5 Å². The Hall–Kier alpha value is -1.40. The number of esters is 1. The van der Waals surface area contributed by atoms with Crippen molar-refractivity contribution in [2.45, 2.75) is 0 Å². The van der Waals surface area contributed by atoms with E-state index in [4.69, 9.17) is 4.74 Å². The van der Waals surface area contributed by atoms with E-state index < -0.39 is 5.97 Å². The highest BCUT2D eigenvalue weighted by Gasteiger charge is 2.12. The molecule has 0 radical (unpaired) electrons. The molecule has 0 aliphatic rings. The number of halogens is 1. The maximum Gasteiger partial charge on any atom is 0.357 e. The van der Waals surface area contributed by atoms with Crippen LogP contribution in [0.1, 0.15) is 10.5 Å². The highest BCUT2D eigenvalue weighted by molar-refractivity contribution is 7.98. The zero-order valence-electron chi connectivity index (χ0n) is 10.3. The van der Waals surface area contributed by atoms with E-state index in [1.165, 1.54) is 23.5 Å². The van der Waals surface area contributed by atoms with Gasteiger partial charge in [0.05, 0.1) is 0 Å². The van der Waals surface area contributed by atoms with E-state index in [1.807, 2.05) is 6.26 Å². The number of hydrogen-bond donors (Lipinski definition) is 0. The molecule has 0 fully saturated rings. The molecule has 6 heteroatoms. The lowest BCUT2D eigenvalue weighted by Gasteiger charge is -2.00. The summed E-state index contributed by atoms with van der Waals surface area (Å²) in [5, 5.41) is 2.33. The van der Waals surface area contributed by atoms with Gasteiger partial charge in [-0.3, -0.25) is 0 Å². The molecule has 0 saturated carbocycles. The minimum absolute atomic E-state index is 0.294. The number of benzene rings is 1. The quantitative estimate of drug-likeness (QED) is 0.626. The molecular formula is C13H12FNO2S2. The molecule has 0 aliphatic heterocycles. The van der Waals surface area contributed by atoms with Gasteiger partial charge in [-0.2, -0.15) is 11.8 Å². The first-order valence-electron chi connectivity index (χ1n) is 5.58. The zero-order valence-corrected chi connectivity index (χ0v) is 11.9. The van der Waals surface area contributed by atoms with Crippen molar-refractivity contribution in [2.75, 3.05) is 18.6 Å². The van der Waals surface area contributed by atoms with Crippen molar-refractivity contribution in [3.63, 3.8) is 0 Å². The number of carbonyl (C=O) groups is 1. The fourth-order valence-corrected chi connectivity index (χ4v) is 2.43. The molecule has 0 unspecified atom stereocenters. The fraction of sp³-hybridized carbons (Fsp3) is 0.231. The second kappa shape index (κ2) is 6.68. The van der Waals surface area contributed by atoms with E-state index in [0.717, 1.165) is 11.3 Å². The van der Waals surface area contributed by atoms with Crippen LogP contribution in [0, 0.1) is 5.82 Å². The first-order valence-corrected chi connectivity index (χ1v) is 7.85. The van der Waals surface area contributed by atoms with E-state index in [2.05, 4.69) is 4.98 Å². The summed E-state index contributed by atoms with van der Waals surface area (Å²) in [7, 11) is 0. The number of nitrogens with zero attached hydrogens (tertiary/aromatic N) is 1. The monoisotopic (exact) mass is 297 g/mol. The zero-order chi connectivity index (χ0) is 13.7. The number of aromatic nitrogens is 1. The molecule has 1 heterocycles. The summed E-state index contributed by atoms with van der Waals surface area (Å²) in [4.78, 5) is 15.9. The lowest BCUT2D eigenvalue weighted by Crippen LogP contribution is -2.08. The van der Waals surface area contributed by atoms with Crippen molar-refractivity contribution in [3.05, 3.63) is 41.2 Å². The van der Waals surface area contributed by atoms with Crippen LogP contribution in [0.5, 0.6) is 0 Å². The van der Waals surface area contributed by atoms with Crippen LogP contribution in [0.4, 0.5) is 4.39 Å². The summed E-state index contributed by atoms with van der Waals surface area (Å²) in [6, 6.07) is 6.01. The molecule has 2 rings (SSSR count). The standard InChI is InChI=1S/C13H12FNO2S2/c1-18-7-6-17-13(16)11-8-19-12(15-11)9-2-4-10(14)5-3-9/h2-5,8H,6-7H2,1H3. The van der Waals surface area contributed by atoms with Gasteiger partial charge in [0.25, 0.3) is 0 Å². The Morgan fingerprint density at radius 1 is 1.42 bits per heavy atom. The summed E-state index contributed by atoms with van der Waals surface area (Å²) in [6.45, 7) is 0.378. The van der Waals surface area contributed by atoms with E-state index >= 15 is 0 Å². The van der Waals surface area contributed by atoms with Gasteiger partial charge in [-0.25, -0.2) is 14.2 Å². The normalized spacial score (nSPS) is 10.4. The molecule has 2 aromatic rings. The van der Waals surface area contributed by atoms with Crippen LogP contribution in [0.2, 0.25) is 0 Å². The van der Waals surface area contributed by atoms with E-state index in [0.29, 0.717) is 17.3 Å². The second-order valence-electron chi connectivity index (χ2n) is 3.67. The molecule has 3 nitrogen and oxygen atoms in total. The average molecular weight is 297 g/mol. The Morgan fingerprint density at radius 2 is 2.16 bits per heavy atom. The average Bonchev–Trinajstić information content (AvgIpc) is 2.89. The van der Waals surface area contributed by atoms with Gasteiger partial charge in [0.15, 0.2) is 5.69 Å². The third kappa shape index (κ3) is 3.78. The first-order chi connectivity index (χ1) is 9.20. The van der Waals surface area contributed by atoms with Gasteiger partial charge in [0.2, 0.25) is 0 Å². The maximum absolute atomic E-state index is 12.8. The minimum atomic E-state index is -0.418. The molecule has 0 N–H and O–H groups in total.